The molecule has 0 aliphatic rings. The third-order valence-electron chi connectivity index (χ3n) is 2.36. The van der Waals surface area contributed by atoms with Gasteiger partial charge in [0.2, 0.25) is 5.82 Å². The van der Waals surface area contributed by atoms with E-state index < -0.39 is 11.5 Å². The molecule has 0 fully saturated rings. The van der Waals surface area contributed by atoms with Crippen LogP contribution in [0.2, 0.25) is 0 Å². The fraction of sp³-hybridized carbons (Fsp3) is 0.200. The fourth-order valence-corrected chi connectivity index (χ4v) is 1.50. The van der Waals surface area contributed by atoms with Gasteiger partial charge in [-0.2, -0.15) is 8.78 Å². The number of alkyl halides is 2. The van der Waals surface area contributed by atoms with Gasteiger partial charge in [0.05, 0.1) is 11.5 Å². The summed E-state index contributed by atoms with van der Waals surface area (Å²) in [6.07, 6.45) is 3.74. The predicted octanol–water partition coefficient (Wildman–Crippen LogP) is 2.19. The van der Waals surface area contributed by atoms with Crippen molar-refractivity contribution in [3.05, 3.63) is 46.7 Å². The molecule has 0 amide bonds. The Morgan fingerprint density at radius 2 is 2.21 bits per heavy atom. The zero-order valence-corrected chi connectivity index (χ0v) is 9.53. The Hall–Kier alpha value is -2.58. The molecule has 1 N–H and O–H groups in total. The summed E-state index contributed by atoms with van der Waals surface area (Å²) in [6.45, 7) is -2.80. The summed E-state index contributed by atoms with van der Waals surface area (Å²) in [6, 6.07) is 2.69. The molecule has 0 unspecified atom stereocenters. The van der Waals surface area contributed by atoms with Crippen molar-refractivity contribution >= 4 is 11.5 Å². The summed E-state index contributed by atoms with van der Waals surface area (Å²) < 4.78 is 25.8. The second-order valence-electron chi connectivity index (χ2n) is 3.51. The van der Waals surface area contributed by atoms with Crippen LogP contribution in [0.3, 0.4) is 0 Å². The smallest absolute Gasteiger partial charge is 0.319 e. The number of rotatable bonds is 5. The van der Waals surface area contributed by atoms with Gasteiger partial charge in [-0.15, -0.1) is 0 Å². The second-order valence-corrected chi connectivity index (χ2v) is 3.51. The first-order chi connectivity index (χ1) is 9.09. The second kappa shape index (κ2) is 5.38. The van der Waals surface area contributed by atoms with Crippen LogP contribution < -0.4 is 5.32 Å². The van der Waals surface area contributed by atoms with E-state index >= 15 is 0 Å². The average Bonchev–Trinajstić information content (AvgIpc) is 2.85. The van der Waals surface area contributed by atoms with Gasteiger partial charge in [-0.25, -0.2) is 9.97 Å². The maximum Gasteiger partial charge on any atom is 0.319 e. The minimum atomic E-state index is -2.71. The zero-order chi connectivity index (χ0) is 13.8. The molecule has 2 rings (SSSR count). The summed E-state index contributed by atoms with van der Waals surface area (Å²) in [7, 11) is 0. The monoisotopic (exact) mass is 269 g/mol. The van der Waals surface area contributed by atoms with Crippen LogP contribution in [0, 0.1) is 10.1 Å². The molecule has 0 aliphatic heterocycles. The van der Waals surface area contributed by atoms with Gasteiger partial charge < -0.3 is 5.32 Å². The van der Waals surface area contributed by atoms with Gasteiger partial charge in [-0.1, -0.05) is 0 Å². The maximum atomic E-state index is 12.6. The molecule has 0 aromatic carbocycles. The molecule has 0 bridgehead atoms. The van der Waals surface area contributed by atoms with E-state index in [1.807, 2.05) is 0 Å². The molecule has 2 aromatic rings. The minimum Gasteiger partial charge on any atom is -0.357 e. The highest BCUT2D eigenvalue weighted by molar-refractivity contribution is 5.54. The van der Waals surface area contributed by atoms with E-state index in [4.69, 9.17) is 0 Å². The van der Waals surface area contributed by atoms with E-state index in [-0.39, 0.29) is 23.9 Å². The fourth-order valence-electron chi connectivity index (χ4n) is 1.50. The zero-order valence-electron chi connectivity index (χ0n) is 9.53. The largest absolute Gasteiger partial charge is 0.357 e. The van der Waals surface area contributed by atoms with E-state index in [2.05, 4.69) is 15.3 Å². The molecule has 0 atom stereocenters. The minimum absolute atomic E-state index is 0.0105. The van der Waals surface area contributed by atoms with Crippen molar-refractivity contribution < 1.29 is 13.7 Å². The summed E-state index contributed by atoms with van der Waals surface area (Å²) >= 11 is 0. The molecule has 0 saturated heterocycles. The van der Waals surface area contributed by atoms with Crippen molar-refractivity contribution in [2.45, 2.75) is 13.1 Å². The van der Waals surface area contributed by atoms with Crippen molar-refractivity contribution in [1.82, 2.24) is 14.5 Å². The summed E-state index contributed by atoms with van der Waals surface area (Å²) in [5, 5.41) is 13.4. The molecular weight excluding hydrogens is 260 g/mol. The summed E-state index contributed by atoms with van der Waals surface area (Å²) in [4.78, 5) is 17.7. The first-order valence-corrected chi connectivity index (χ1v) is 5.22. The lowest BCUT2D eigenvalue weighted by atomic mass is 10.4. The van der Waals surface area contributed by atoms with Gasteiger partial charge in [0.1, 0.15) is 5.82 Å². The highest BCUT2D eigenvalue weighted by Crippen LogP contribution is 2.21. The highest BCUT2D eigenvalue weighted by Gasteiger charge is 2.16. The van der Waals surface area contributed by atoms with Crippen molar-refractivity contribution in [3.8, 4) is 0 Å². The highest BCUT2D eigenvalue weighted by atomic mass is 19.3. The van der Waals surface area contributed by atoms with Crippen molar-refractivity contribution in [2.24, 2.45) is 0 Å². The molecule has 9 heteroatoms. The summed E-state index contributed by atoms with van der Waals surface area (Å²) in [5.41, 5.74) is -0.224. The first-order valence-electron chi connectivity index (χ1n) is 5.22. The lowest BCUT2D eigenvalue weighted by molar-refractivity contribution is -0.384. The predicted molar refractivity (Wildman–Crippen MR) is 61.7 cm³/mol. The van der Waals surface area contributed by atoms with E-state index in [0.29, 0.717) is 4.57 Å². The number of nitrogens with zero attached hydrogens (tertiary/aromatic N) is 4. The number of hydrogen-bond donors (Lipinski definition) is 1. The molecule has 7 nitrogen and oxygen atoms in total. The normalized spacial score (nSPS) is 10.7. The van der Waals surface area contributed by atoms with Crippen LogP contribution in [0.15, 0.2) is 30.7 Å². The van der Waals surface area contributed by atoms with Gasteiger partial charge in [-0.3, -0.25) is 14.7 Å². The topological polar surface area (TPSA) is 85.9 Å². The van der Waals surface area contributed by atoms with E-state index in [9.17, 15) is 18.9 Å². The Labute approximate surface area is 106 Å². The Bertz CT molecular complexity index is 587. The number of hydrogen-bond acceptors (Lipinski definition) is 5. The Kier molecular flexibility index (Phi) is 3.64. The van der Waals surface area contributed by atoms with Gasteiger partial charge in [0.25, 0.3) is 0 Å². The number of nitro groups is 1. The van der Waals surface area contributed by atoms with Gasteiger partial charge in [0.15, 0.2) is 0 Å². The summed E-state index contributed by atoms with van der Waals surface area (Å²) in [5.74, 6) is 0.0752. The molecule has 2 aromatic heterocycles. The van der Waals surface area contributed by atoms with Crippen LogP contribution in [-0.2, 0) is 6.54 Å². The van der Waals surface area contributed by atoms with Crippen molar-refractivity contribution in [2.75, 3.05) is 5.32 Å². The Morgan fingerprint density at radius 3 is 2.89 bits per heavy atom. The maximum absolute atomic E-state index is 12.6. The molecule has 2 heterocycles. The number of imidazole rings is 1. The Morgan fingerprint density at radius 1 is 1.42 bits per heavy atom. The first kappa shape index (κ1) is 12.9. The number of halogens is 2. The molecule has 0 radical (unpaired) electrons. The van der Waals surface area contributed by atoms with Crippen LogP contribution in [-0.4, -0.2) is 19.5 Å². The molecule has 0 spiro atoms. The average molecular weight is 269 g/mol. The quantitative estimate of drug-likeness (QED) is 0.664. The standard InChI is InChI=1S/C10H9F2N5O2/c11-10(12)16-5-4-13-8(16)6-15-9-7(17(18)19)2-1-3-14-9/h1-5,10H,6H2,(H,14,15). The van der Waals surface area contributed by atoms with E-state index in [0.717, 1.165) is 6.20 Å². The van der Waals surface area contributed by atoms with Crippen LogP contribution in [0.25, 0.3) is 0 Å². The van der Waals surface area contributed by atoms with Crippen LogP contribution in [0.5, 0.6) is 0 Å². The van der Waals surface area contributed by atoms with E-state index in [1.165, 1.54) is 24.5 Å². The molecular formula is C10H9F2N5O2. The molecule has 0 saturated carbocycles. The number of aromatic nitrogens is 3. The van der Waals surface area contributed by atoms with Gasteiger partial charge >= 0.3 is 12.2 Å². The van der Waals surface area contributed by atoms with Gasteiger partial charge in [-0.05, 0) is 6.07 Å². The van der Waals surface area contributed by atoms with Crippen LogP contribution in [0.4, 0.5) is 20.3 Å². The van der Waals surface area contributed by atoms with Gasteiger partial charge in [0, 0.05) is 24.7 Å². The van der Waals surface area contributed by atoms with Crippen LogP contribution in [0.1, 0.15) is 12.4 Å². The molecule has 19 heavy (non-hydrogen) atoms. The van der Waals surface area contributed by atoms with Crippen molar-refractivity contribution in [3.63, 3.8) is 0 Å². The lowest BCUT2D eigenvalue weighted by Gasteiger charge is -2.08. The van der Waals surface area contributed by atoms with E-state index in [1.54, 1.807) is 0 Å². The SMILES string of the molecule is O=[N+]([O-])c1cccnc1NCc1nccn1C(F)F. The molecule has 100 valence electrons. The number of anilines is 1. The molecule has 0 aliphatic carbocycles. The van der Waals surface area contributed by atoms with Crippen LogP contribution >= 0.6 is 0 Å². The van der Waals surface area contributed by atoms with Crippen molar-refractivity contribution in [1.29, 1.82) is 0 Å². The number of nitrogens with one attached hydrogen (secondary N) is 1. The lowest BCUT2D eigenvalue weighted by Crippen LogP contribution is -2.10. The Balaban J connectivity index is 2.15. The number of pyridine rings is 1. The third kappa shape index (κ3) is 2.81. The third-order valence-corrected chi connectivity index (χ3v) is 2.36.